The van der Waals surface area contributed by atoms with Crippen LogP contribution in [0.25, 0.3) is 10.9 Å². The molecule has 0 radical (unpaired) electrons. The summed E-state index contributed by atoms with van der Waals surface area (Å²) in [5, 5.41) is 13.6. The van der Waals surface area contributed by atoms with Crippen molar-refractivity contribution in [3.05, 3.63) is 84.6 Å². The number of hydrogen-bond donors (Lipinski definition) is 3. The smallest absolute Gasteiger partial charge is 0.259 e. The van der Waals surface area contributed by atoms with E-state index in [0.29, 0.717) is 17.2 Å². The van der Waals surface area contributed by atoms with Crippen LogP contribution in [0, 0.1) is 0 Å². The Balaban J connectivity index is 1.49. The van der Waals surface area contributed by atoms with E-state index in [0.717, 1.165) is 17.2 Å². The van der Waals surface area contributed by atoms with E-state index < -0.39 is 15.9 Å². The number of para-hydroxylation sites is 1. The second-order valence-corrected chi connectivity index (χ2v) is 8.76. The van der Waals surface area contributed by atoms with Crippen LogP contribution in [0.2, 0.25) is 0 Å². The number of carbonyl (C=O) groups is 1. The number of carbonyl (C=O) groups excluding carboxylic acids is 1. The lowest BCUT2D eigenvalue weighted by molar-refractivity contribution is 0.102. The van der Waals surface area contributed by atoms with E-state index in [1.54, 1.807) is 36.5 Å². The second-order valence-electron chi connectivity index (χ2n) is 7.01. The molecule has 1 heterocycles. The topological polar surface area (TPSA) is 118 Å². The zero-order chi connectivity index (χ0) is 22.7. The van der Waals surface area contributed by atoms with E-state index >= 15 is 0 Å². The molecule has 0 saturated heterocycles. The molecular weight excluding hydrogens is 430 g/mol. The highest BCUT2D eigenvalue weighted by atomic mass is 32.2. The van der Waals surface area contributed by atoms with Crippen LogP contribution in [0.3, 0.4) is 0 Å². The fourth-order valence-corrected chi connectivity index (χ4v) is 3.64. The molecule has 3 N–H and O–H groups in total. The first-order valence-corrected chi connectivity index (χ1v) is 11.4. The largest absolute Gasteiger partial charge is 0.507 e. The Morgan fingerprint density at radius 1 is 0.969 bits per heavy atom. The molecule has 1 aromatic heterocycles. The van der Waals surface area contributed by atoms with Crippen molar-refractivity contribution in [1.82, 2.24) is 4.98 Å². The van der Waals surface area contributed by atoms with Crippen molar-refractivity contribution < 1.29 is 23.1 Å². The summed E-state index contributed by atoms with van der Waals surface area (Å²) in [4.78, 5) is 16.9. The Labute approximate surface area is 184 Å². The van der Waals surface area contributed by atoms with Crippen LogP contribution < -0.4 is 14.8 Å². The maximum Gasteiger partial charge on any atom is 0.259 e. The third-order valence-corrected chi connectivity index (χ3v) is 5.10. The molecule has 0 bridgehead atoms. The summed E-state index contributed by atoms with van der Waals surface area (Å²) in [6.07, 6.45) is 2.67. The Hall–Kier alpha value is -4.11. The first kappa shape index (κ1) is 21.1. The SMILES string of the molecule is CS(=O)(=O)Nc1ccc(O)c(C(=O)Nc2ccc(Oc3ccnc4ccccc34)cc2)c1. The van der Waals surface area contributed by atoms with E-state index in [4.69, 9.17) is 4.74 Å². The minimum atomic E-state index is -3.52. The molecule has 4 aromatic rings. The summed E-state index contributed by atoms with van der Waals surface area (Å²) in [6, 6.07) is 20.0. The Morgan fingerprint density at radius 3 is 2.44 bits per heavy atom. The van der Waals surface area contributed by atoms with Crippen LogP contribution in [0.4, 0.5) is 11.4 Å². The third kappa shape index (κ3) is 4.96. The summed E-state index contributed by atoms with van der Waals surface area (Å²) >= 11 is 0. The van der Waals surface area contributed by atoms with Crippen molar-refractivity contribution >= 4 is 38.2 Å². The monoisotopic (exact) mass is 449 g/mol. The lowest BCUT2D eigenvalue weighted by Gasteiger charge is -2.11. The fourth-order valence-electron chi connectivity index (χ4n) is 3.09. The first-order valence-electron chi connectivity index (χ1n) is 9.52. The van der Waals surface area contributed by atoms with Crippen molar-refractivity contribution in [2.24, 2.45) is 0 Å². The van der Waals surface area contributed by atoms with Gasteiger partial charge in [0.15, 0.2) is 0 Å². The number of aromatic hydroxyl groups is 1. The molecule has 4 rings (SSSR count). The number of nitrogens with one attached hydrogen (secondary N) is 2. The molecule has 0 fully saturated rings. The van der Waals surface area contributed by atoms with Crippen LogP contribution in [-0.2, 0) is 10.0 Å². The van der Waals surface area contributed by atoms with E-state index in [1.807, 2.05) is 24.3 Å². The fraction of sp³-hybridized carbons (Fsp3) is 0.0435. The number of aromatic nitrogens is 1. The number of hydrogen-bond acceptors (Lipinski definition) is 6. The van der Waals surface area contributed by atoms with Gasteiger partial charge in [0.2, 0.25) is 10.0 Å². The number of nitrogens with zero attached hydrogens (tertiary/aromatic N) is 1. The molecule has 162 valence electrons. The van der Waals surface area contributed by atoms with Gasteiger partial charge in [0.25, 0.3) is 5.91 Å². The molecule has 0 atom stereocenters. The van der Waals surface area contributed by atoms with Crippen molar-refractivity contribution in [1.29, 1.82) is 0 Å². The number of pyridine rings is 1. The molecule has 1 amide bonds. The molecule has 8 nitrogen and oxygen atoms in total. The van der Waals surface area contributed by atoms with E-state index in [9.17, 15) is 18.3 Å². The van der Waals surface area contributed by atoms with Crippen LogP contribution in [0.1, 0.15) is 10.4 Å². The maximum atomic E-state index is 12.6. The molecule has 32 heavy (non-hydrogen) atoms. The number of fused-ring (bicyclic) bond motifs is 1. The maximum absolute atomic E-state index is 12.6. The normalized spacial score (nSPS) is 11.2. The molecule has 0 aliphatic carbocycles. The average molecular weight is 449 g/mol. The molecule has 0 aliphatic heterocycles. The molecule has 0 aliphatic rings. The van der Waals surface area contributed by atoms with E-state index in [2.05, 4.69) is 15.0 Å². The summed E-state index contributed by atoms with van der Waals surface area (Å²) < 4.78 is 31.0. The van der Waals surface area contributed by atoms with Gasteiger partial charge in [0.05, 0.1) is 17.3 Å². The summed E-state index contributed by atoms with van der Waals surface area (Å²) in [7, 11) is -3.52. The van der Waals surface area contributed by atoms with Gasteiger partial charge in [-0.3, -0.25) is 14.5 Å². The number of sulfonamides is 1. The zero-order valence-electron chi connectivity index (χ0n) is 16.9. The Morgan fingerprint density at radius 2 is 1.69 bits per heavy atom. The zero-order valence-corrected chi connectivity index (χ0v) is 17.8. The van der Waals surface area contributed by atoms with Gasteiger partial charge in [0.1, 0.15) is 17.2 Å². The van der Waals surface area contributed by atoms with Gasteiger partial charge < -0.3 is 15.2 Å². The van der Waals surface area contributed by atoms with Gasteiger partial charge in [-0.05, 0) is 60.7 Å². The average Bonchev–Trinajstić information content (AvgIpc) is 2.76. The Kier molecular flexibility index (Phi) is 5.65. The standard InChI is InChI=1S/C23H19N3O5S/c1-32(29,30)26-16-8-11-21(27)19(14-16)23(28)25-15-6-9-17(10-7-15)31-22-12-13-24-20-5-3-2-4-18(20)22/h2-14,26-27H,1H3,(H,25,28). The van der Waals surface area contributed by atoms with Gasteiger partial charge in [-0.1, -0.05) is 12.1 Å². The van der Waals surface area contributed by atoms with Gasteiger partial charge in [0, 0.05) is 23.0 Å². The van der Waals surface area contributed by atoms with Gasteiger partial charge >= 0.3 is 0 Å². The highest BCUT2D eigenvalue weighted by molar-refractivity contribution is 7.92. The summed E-state index contributed by atoms with van der Waals surface area (Å²) in [5.41, 5.74) is 1.40. The van der Waals surface area contributed by atoms with Crippen molar-refractivity contribution in [2.75, 3.05) is 16.3 Å². The molecular formula is C23H19N3O5S. The summed E-state index contributed by atoms with van der Waals surface area (Å²) in [6.45, 7) is 0. The van der Waals surface area contributed by atoms with Crippen molar-refractivity contribution in [3.8, 4) is 17.2 Å². The number of amides is 1. The molecule has 9 heteroatoms. The number of rotatable bonds is 6. The van der Waals surface area contributed by atoms with Crippen molar-refractivity contribution in [3.63, 3.8) is 0 Å². The number of phenols is 1. The van der Waals surface area contributed by atoms with Gasteiger partial charge in [-0.15, -0.1) is 0 Å². The molecule has 0 saturated carbocycles. The second kappa shape index (κ2) is 8.56. The number of phenolic OH excluding ortho intramolecular Hbond substituents is 1. The third-order valence-electron chi connectivity index (χ3n) is 4.49. The minimum Gasteiger partial charge on any atom is -0.507 e. The van der Waals surface area contributed by atoms with Gasteiger partial charge in [-0.2, -0.15) is 0 Å². The molecule has 0 spiro atoms. The van der Waals surface area contributed by atoms with Crippen molar-refractivity contribution in [2.45, 2.75) is 0 Å². The van der Waals surface area contributed by atoms with E-state index in [-0.39, 0.29) is 17.0 Å². The van der Waals surface area contributed by atoms with E-state index in [1.165, 1.54) is 18.2 Å². The number of benzene rings is 3. The summed E-state index contributed by atoms with van der Waals surface area (Å²) in [5.74, 6) is 0.369. The highest BCUT2D eigenvalue weighted by Crippen LogP contribution is 2.29. The predicted octanol–water partition coefficient (Wildman–Crippen LogP) is 4.36. The Bertz CT molecular complexity index is 1400. The molecule has 3 aromatic carbocycles. The highest BCUT2D eigenvalue weighted by Gasteiger charge is 2.14. The quantitative estimate of drug-likeness (QED) is 0.377. The first-order chi connectivity index (χ1) is 15.3. The lowest BCUT2D eigenvalue weighted by Crippen LogP contribution is -2.14. The number of ether oxygens (including phenoxy) is 1. The van der Waals surface area contributed by atoms with Crippen LogP contribution in [0.5, 0.6) is 17.2 Å². The minimum absolute atomic E-state index is 0.0674. The van der Waals surface area contributed by atoms with Crippen LogP contribution in [0.15, 0.2) is 79.0 Å². The van der Waals surface area contributed by atoms with Crippen LogP contribution in [-0.4, -0.2) is 30.7 Å². The number of anilines is 2. The van der Waals surface area contributed by atoms with Crippen LogP contribution >= 0.6 is 0 Å². The van der Waals surface area contributed by atoms with Gasteiger partial charge in [-0.25, -0.2) is 8.42 Å². The lowest BCUT2D eigenvalue weighted by atomic mass is 10.1. The predicted molar refractivity (Wildman–Crippen MR) is 123 cm³/mol. The molecule has 0 unspecified atom stereocenters.